The Kier molecular flexibility index (Phi) is 6.60. The quantitative estimate of drug-likeness (QED) is 0.305. The van der Waals surface area contributed by atoms with Crippen LogP contribution in [0.4, 0.5) is 11.4 Å². The van der Waals surface area contributed by atoms with Crippen molar-refractivity contribution in [1.29, 1.82) is 0 Å². The molecule has 10 heteroatoms. The van der Waals surface area contributed by atoms with E-state index in [4.69, 9.17) is 20.8 Å². The van der Waals surface area contributed by atoms with Crippen molar-refractivity contribution in [3.05, 3.63) is 81.6 Å². The van der Waals surface area contributed by atoms with Crippen LogP contribution in [-0.2, 0) is 9.53 Å². The molecule has 2 heterocycles. The molecule has 9 nitrogen and oxygen atoms in total. The minimum absolute atomic E-state index is 0.0132. The molecule has 0 spiro atoms. The van der Waals surface area contributed by atoms with Crippen LogP contribution in [0.2, 0.25) is 5.02 Å². The van der Waals surface area contributed by atoms with Crippen molar-refractivity contribution >= 4 is 34.9 Å². The zero-order chi connectivity index (χ0) is 23.4. The molecule has 0 saturated carbocycles. The molecule has 0 radical (unpaired) electrons. The van der Waals surface area contributed by atoms with Crippen molar-refractivity contribution in [3.63, 3.8) is 0 Å². The lowest BCUT2D eigenvalue weighted by Gasteiger charge is -2.36. The number of anilines is 1. The predicted octanol–water partition coefficient (Wildman–Crippen LogP) is 4.01. The normalized spacial score (nSPS) is 13.6. The van der Waals surface area contributed by atoms with Crippen LogP contribution in [0.3, 0.4) is 0 Å². The molecule has 0 unspecified atom stereocenters. The number of ether oxygens (including phenoxy) is 1. The fourth-order valence-corrected chi connectivity index (χ4v) is 3.77. The van der Waals surface area contributed by atoms with Gasteiger partial charge in [-0.1, -0.05) is 23.7 Å². The second kappa shape index (κ2) is 9.74. The minimum Gasteiger partial charge on any atom is -0.450 e. The number of nitro groups is 1. The molecular formula is C23H20ClN3O6. The van der Waals surface area contributed by atoms with Gasteiger partial charge in [-0.05, 0) is 36.4 Å². The Morgan fingerprint density at radius 1 is 1.00 bits per heavy atom. The molecule has 1 aliphatic heterocycles. The van der Waals surface area contributed by atoms with Crippen molar-refractivity contribution in [2.75, 3.05) is 37.7 Å². The minimum atomic E-state index is -0.730. The number of nitrogens with zero attached hydrogens (tertiary/aromatic N) is 3. The summed E-state index contributed by atoms with van der Waals surface area (Å²) in [6.07, 6.45) is 0. The third-order valence-corrected chi connectivity index (χ3v) is 5.66. The van der Waals surface area contributed by atoms with E-state index in [1.165, 1.54) is 18.2 Å². The van der Waals surface area contributed by atoms with E-state index in [0.717, 1.165) is 5.69 Å². The standard InChI is InChI=1S/C23H20ClN3O6/c24-19-4-2-1-3-18(19)20-9-10-21(33-20)23(29)32-15-22(28)26-13-11-25(12-14-26)16-5-7-17(8-6-16)27(30)31/h1-10H,11-15H2. The molecule has 33 heavy (non-hydrogen) atoms. The van der Waals surface area contributed by atoms with Gasteiger partial charge in [0.15, 0.2) is 6.61 Å². The number of amides is 1. The molecule has 1 aromatic heterocycles. The van der Waals surface area contributed by atoms with Gasteiger partial charge in [-0.15, -0.1) is 0 Å². The Bertz CT molecular complexity index is 1170. The number of carbonyl (C=O) groups is 2. The summed E-state index contributed by atoms with van der Waals surface area (Å²) in [5, 5.41) is 11.3. The highest BCUT2D eigenvalue weighted by atomic mass is 35.5. The van der Waals surface area contributed by atoms with E-state index in [0.29, 0.717) is 42.5 Å². The van der Waals surface area contributed by atoms with Crippen molar-refractivity contribution < 1.29 is 23.7 Å². The Labute approximate surface area is 194 Å². The summed E-state index contributed by atoms with van der Waals surface area (Å²) in [7, 11) is 0. The molecule has 170 valence electrons. The average molecular weight is 470 g/mol. The van der Waals surface area contributed by atoms with Crippen LogP contribution in [0.15, 0.2) is 65.1 Å². The lowest BCUT2D eigenvalue weighted by atomic mass is 10.2. The first-order chi connectivity index (χ1) is 15.9. The van der Waals surface area contributed by atoms with Gasteiger partial charge >= 0.3 is 5.97 Å². The maximum absolute atomic E-state index is 12.5. The summed E-state index contributed by atoms with van der Waals surface area (Å²) < 4.78 is 10.7. The van der Waals surface area contributed by atoms with Crippen molar-refractivity contribution in [2.24, 2.45) is 0 Å². The first kappa shape index (κ1) is 22.3. The number of piperazine rings is 1. The monoisotopic (exact) mass is 469 g/mol. The summed E-state index contributed by atoms with van der Waals surface area (Å²) >= 11 is 6.15. The third kappa shape index (κ3) is 5.15. The molecule has 1 amide bonds. The highest BCUT2D eigenvalue weighted by molar-refractivity contribution is 6.33. The largest absolute Gasteiger partial charge is 0.450 e. The second-order valence-electron chi connectivity index (χ2n) is 7.36. The maximum Gasteiger partial charge on any atom is 0.374 e. The SMILES string of the molecule is O=C(OCC(=O)N1CCN(c2ccc([N+](=O)[O-])cc2)CC1)c1ccc(-c2ccccc2Cl)o1. The topological polar surface area (TPSA) is 106 Å². The van der Waals surface area contributed by atoms with Gasteiger partial charge in [0.05, 0.1) is 9.95 Å². The smallest absolute Gasteiger partial charge is 0.374 e. The highest BCUT2D eigenvalue weighted by Crippen LogP contribution is 2.29. The first-order valence-electron chi connectivity index (χ1n) is 10.2. The number of furan rings is 1. The van der Waals surface area contributed by atoms with E-state index in [-0.39, 0.29) is 17.4 Å². The van der Waals surface area contributed by atoms with Gasteiger partial charge in [0.25, 0.3) is 11.6 Å². The fraction of sp³-hybridized carbons (Fsp3) is 0.217. The van der Waals surface area contributed by atoms with Crippen LogP contribution in [-0.4, -0.2) is 54.5 Å². The van der Waals surface area contributed by atoms with Crippen LogP contribution >= 0.6 is 11.6 Å². The molecule has 4 rings (SSSR count). The molecule has 0 aliphatic carbocycles. The Morgan fingerprint density at radius 2 is 1.70 bits per heavy atom. The van der Waals surface area contributed by atoms with Gasteiger partial charge in [-0.3, -0.25) is 14.9 Å². The average Bonchev–Trinajstić information content (AvgIpc) is 3.33. The van der Waals surface area contributed by atoms with Crippen LogP contribution in [0.5, 0.6) is 0 Å². The van der Waals surface area contributed by atoms with E-state index in [2.05, 4.69) is 0 Å². The maximum atomic E-state index is 12.5. The number of halogens is 1. The molecule has 3 aromatic rings. The number of carbonyl (C=O) groups excluding carboxylic acids is 2. The highest BCUT2D eigenvalue weighted by Gasteiger charge is 2.23. The Morgan fingerprint density at radius 3 is 2.36 bits per heavy atom. The van der Waals surface area contributed by atoms with Crippen LogP contribution < -0.4 is 4.90 Å². The molecule has 0 N–H and O–H groups in total. The first-order valence-corrected chi connectivity index (χ1v) is 10.6. The number of esters is 1. The number of benzene rings is 2. The van der Waals surface area contributed by atoms with Gasteiger partial charge in [0, 0.05) is 49.6 Å². The number of hydrogen-bond donors (Lipinski definition) is 0. The fourth-order valence-electron chi connectivity index (χ4n) is 3.54. The molecule has 0 atom stereocenters. The van der Waals surface area contributed by atoms with Crippen LogP contribution in [0.25, 0.3) is 11.3 Å². The Balaban J connectivity index is 1.27. The Hall–Kier alpha value is -3.85. The van der Waals surface area contributed by atoms with Crippen LogP contribution in [0, 0.1) is 10.1 Å². The number of rotatable bonds is 6. The van der Waals surface area contributed by atoms with Crippen molar-refractivity contribution in [2.45, 2.75) is 0 Å². The van der Waals surface area contributed by atoms with E-state index < -0.39 is 17.5 Å². The zero-order valence-corrected chi connectivity index (χ0v) is 18.2. The van der Waals surface area contributed by atoms with Gasteiger partial charge < -0.3 is 19.0 Å². The van der Waals surface area contributed by atoms with Gasteiger partial charge in [0.1, 0.15) is 5.76 Å². The van der Waals surface area contributed by atoms with Gasteiger partial charge in [0.2, 0.25) is 5.76 Å². The van der Waals surface area contributed by atoms with E-state index >= 15 is 0 Å². The van der Waals surface area contributed by atoms with E-state index in [9.17, 15) is 19.7 Å². The van der Waals surface area contributed by atoms with Crippen molar-refractivity contribution in [3.8, 4) is 11.3 Å². The van der Waals surface area contributed by atoms with Crippen molar-refractivity contribution in [1.82, 2.24) is 4.90 Å². The number of hydrogen-bond acceptors (Lipinski definition) is 7. The van der Waals surface area contributed by atoms with E-state index in [1.54, 1.807) is 41.3 Å². The summed E-state index contributed by atoms with van der Waals surface area (Å²) in [6.45, 7) is 1.64. The lowest BCUT2D eigenvalue weighted by Crippen LogP contribution is -2.49. The molecule has 0 bridgehead atoms. The summed E-state index contributed by atoms with van der Waals surface area (Å²) in [4.78, 5) is 38.8. The number of nitro benzene ring substituents is 1. The lowest BCUT2D eigenvalue weighted by molar-refractivity contribution is -0.384. The molecule has 1 saturated heterocycles. The zero-order valence-electron chi connectivity index (χ0n) is 17.5. The number of non-ortho nitro benzene ring substituents is 1. The molecular weight excluding hydrogens is 450 g/mol. The van der Waals surface area contributed by atoms with Crippen LogP contribution in [0.1, 0.15) is 10.6 Å². The second-order valence-corrected chi connectivity index (χ2v) is 7.77. The summed E-state index contributed by atoms with van der Waals surface area (Å²) in [5.41, 5.74) is 1.54. The molecule has 1 aliphatic rings. The van der Waals surface area contributed by atoms with Gasteiger partial charge in [-0.2, -0.15) is 0 Å². The molecule has 1 fully saturated rings. The molecule has 2 aromatic carbocycles. The summed E-state index contributed by atoms with van der Waals surface area (Å²) in [6, 6.07) is 16.5. The summed E-state index contributed by atoms with van der Waals surface area (Å²) in [5.74, 6) is -0.613. The predicted molar refractivity (Wildman–Crippen MR) is 121 cm³/mol. The van der Waals surface area contributed by atoms with Gasteiger partial charge in [-0.25, -0.2) is 4.79 Å². The van der Waals surface area contributed by atoms with E-state index in [1.807, 2.05) is 11.0 Å². The third-order valence-electron chi connectivity index (χ3n) is 5.33.